The SMILES string of the molecule is CCN1CC2(CC1=O)CN(C(=O)N(C)C)CCN(S(=O)(=O)CC(C)C)C2. The zero-order valence-corrected chi connectivity index (χ0v) is 17.4. The minimum absolute atomic E-state index is 0.0241. The van der Waals surface area contributed by atoms with E-state index < -0.39 is 15.4 Å². The van der Waals surface area contributed by atoms with Crippen molar-refractivity contribution in [3.8, 4) is 0 Å². The molecule has 150 valence electrons. The Balaban J connectivity index is 2.34. The van der Waals surface area contributed by atoms with Crippen LogP contribution in [0, 0.1) is 11.3 Å². The third-order valence-electron chi connectivity index (χ3n) is 5.03. The van der Waals surface area contributed by atoms with Gasteiger partial charge in [0.25, 0.3) is 0 Å². The molecule has 0 aromatic carbocycles. The normalized spacial score (nSPS) is 25.2. The van der Waals surface area contributed by atoms with E-state index in [-0.39, 0.29) is 36.6 Å². The summed E-state index contributed by atoms with van der Waals surface area (Å²) >= 11 is 0. The Morgan fingerprint density at radius 3 is 2.35 bits per heavy atom. The van der Waals surface area contributed by atoms with Crippen LogP contribution in [0.5, 0.6) is 0 Å². The number of carbonyl (C=O) groups excluding carboxylic acids is 2. The average molecular weight is 389 g/mol. The zero-order chi connectivity index (χ0) is 19.7. The molecule has 2 heterocycles. The molecule has 0 saturated carbocycles. The second-order valence-corrected chi connectivity index (χ2v) is 10.2. The Morgan fingerprint density at radius 1 is 1.19 bits per heavy atom. The Bertz CT molecular complexity index is 649. The zero-order valence-electron chi connectivity index (χ0n) is 16.6. The molecule has 0 aliphatic carbocycles. The lowest BCUT2D eigenvalue weighted by Crippen LogP contribution is -2.47. The topological polar surface area (TPSA) is 81.2 Å². The van der Waals surface area contributed by atoms with Gasteiger partial charge in [0.15, 0.2) is 0 Å². The minimum Gasteiger partial charge on any atom is -0.342 e. The van der Waals surface area contributed by atoms with Crippen molar-refractivity contribution < 1.29 is 18.0 Å². The quantitative estimate of drug-likeness (QED) is 0.703. The Kier molecular flexibility index (Phi) is 6.22. The molecule has 8 nitrogen and oxygen atoms in total. The van der Waals surface area contributed by atoms with Gasteiger partial charge < -0.3 is 14.7 Å². The van der Waals surface area contributed by atoms with Crippen LogP contribution in [0.25, 0.3) is 0 Å². The molecule has 2 fully saturated rings. The van der Waals surface area contributed by atoms with Crippen molar-refractivity contribution in [1.29, 1.82) is 0 Å². The van der Waals surface area contributed by atoms with E-state index >= 15 is 0 Å². The fraction of sp³-hybridized carbons (Fsp3) is 0.882. The lowest BCUT2D eigenvalue weighted by atomic mass is 9.86. The van der Waals surface area contributed by atoms with Gasteiger partial charge in [-0.25, -0.2) is 13.2 Å². The van der Waals surface area contributed by atoms with E-state index in [0.29, 0.717) is 32.7 Å². The van der Waals surface area contributed by atoms with Gasteiger partial charge in [-0.2, -0.15) is 4.31 Å². The van der Waals surface area contributed by atoms with Crippen molar-refractivity contribution in [2.24, 2.45) is 11.3 Å². The van der Waals surface area contributed by atoms with Crippen LogP contribution in [0.1, 0.15) is 27.2 Å². The van der Waals surface area contributed by atoms with Crippen molar-refractivity contribution in [2.75, 3.05) is 59.1 Å². The van der Waals surface area contributed by atoms with E-state index in [4.69, 9.17) is 0 Å². The van der Waals surface area contributed by atoms with Crippen LogP contribution in [0.2, 0.25) is 0 Å². The molecule has 0 radical (unpaired) electrons. The molecule has 0 N–H and O–H groups in total. The summed E-state index contributed by atoms with van der Waals surface area (Å²) in [6.07, 6.45) is 0.283. The molecule has 2 aliphatic rings. The summed E-state index contributed by atoms with van der Waals surface area (Å²) < 4.78 is 27.2. The predicted molar refractivity (Wildman–Crippen MR) is 100 cm³/mol. The van der Waals surface area contributed by atoms with Crippen LogP contribution < -0.4 is 0 Å². The molecule has 3 amide bonds. The summed E-state index contributed by atoms with van der Waals surface area (Å²) in [5.41, 5.74) is -0.542. The van der Waals surface area contributed by atoms with E-state index in [2.05, 4.69) is 0 Å². The molecule has 0 aromatic rings. The van der Waals surface area contributed by atoms with Gasteiger partial charge in [-0.15, -0.1) is 0 Å². The molecular formula is C17H32N4O4S. The van der Waals surface area contributed by atoms with Gasteiger partial charge in [-0.1, -0.05) is 13.8 Å². The number of sulfonamides is 1. The van der Waals surface area contributed by atoms with Crippen molar-refractivity contribution in [3.63, 3.8) is 0 Å². The number of hydrogen-bond donors (Lipinski definition) is 0. The molecule has 1 spiro atoms. The third-order valence-corrected chi connectivity index (χ3v) is 7.22. The highest BCUT2D eigenvalue weighted by molar-refractivity contribution is 7.89. The van der Waals surface area contributed by atoms with E-state index in [0.717, 1.165) is 0 Å². The maximum atomic E-state index is 12.8. The molecule has 0 aromatic heterocycles. The van der Waals surface area contributed by atoms with E-state index in [1.165, 1.54) is 9.21 Å². The fourth-order valence-corrected chi connectivity index (χ4v) is 5.79. The fourth-order valence-electron chi connectivity index (χ4n) is 3.91. The maximum Gasteiger partial charge on any atom is 0.319 e. The molecule has 2 saturated heterocycles. The lowest BCUT2D eigenvalue weighted by molar-refractivity contribution is -0.127. The highest BCUT2D eigenvalue weighted by Gasteiger charge is 2.48. The van der Waals surface area contributed by atoms with Gasteiger partial charge in [0.05, 0.1) is 5.75 Å². The van der Waals surface area contributed by atoms with E-state index in [9.17, 15) is 18.0 Å². The standard InChI is InChI=1S/C17H32N4O4S/c1-6-19-11-17(9-15(19)22)12-20(16(23)18(4)5)7-8-21(13-17)26(24,25)10-14(2)3/h14H,6-13H2,1-5H3. The first-order valence-corrected chi connectivity index (χ1v) is 10.8. The molecular weight excluding hydrogens is 356 g/mol. The van der Waals surface area contributed by atoms with Crippen molar-refractivity contribution in [1.82, 2.24) is 19.0 Å². The monoisotopic (exact) mass is 388 g/mol. The number of rotatable bonds is 4. The third kappa shape index (κ3) is 4.49. The number of hydrogen-bond acceptors (Lipinski definition) is 4. The smallest absolute Gasteiger partial charge is 0.319 e. The summed E-state index contributed by atoms with van der Waals surface area (Å²) in [5, 5.41) is 0. The number of likely N-dealkylation sites (tertiary alicyclic amines) is 1. The minimum atomic E-state index is -3.43. The first-order chi connectivity index (χ1) is 12.0. The summed E-state index contributed by atoms with van der Waals surface area (Å²) in [4.78, 5) is 29.9. The van der Waals surface area contributed by atoms with E-state index in [1.54, 1.807) is 23.9 Å². The number of nitrogens with zero attached hydrogens (tertiary/aromatic N) is 4. The van der Waals surface area contributed by atoms with Crippen LogP contribution in [0.4, 0.5) is 4.79 Å². The predicted octanol–water partition coefficient (Wildman–Crippen LogP) is 0.510. The van der Waals surface area contributed by atoms with Crippen molar-refractivity contribution in [3.05, 3.63) is 0 Å². The maximum absolute atomic E-state index is 12.8. The summed E-state index contributed by atoms with van der Waals surface area (Å²) in [6.45, 7) is 8.09. The molecule has 26 heavy (non-hydrogen) atoms. The Hall–Kier alpha value is -1.35. The number of carbonyl (C=O) groups is 2. The van der Waals surface area contributed by atoms with Crippen LogP contribution in [0.3, 0.4) is 0 Å². The van der Waals surface area contributed by atoms with Gasteiger partial charge in [-0.05, 0) is 12.8 Å². The molecule has 2 aliphatic heterocycles. The van der Waals surface area contributed by atoms with E-state index in [1.807, 2.05) is 20.8 Å². The Labute approximate surface area is 157 Å². The van der Waals surface area contributed by atoms with Crippen LogP contribution in [0.15, 0.2) is 0 Å². The summed E-state index contributed by atoms with van der Waals surface area (Å²) in [5.74, 6) is 0.139. The van der Waals surface area contributed by atoms with Crippen LogP contribution >= 0.6 is 0 Å². The molecule has 1 unspecified atom stereocenters. The highest BCUT2D eigenvalue weighted by Crippen LogP contribution is 2.36. The molecule has 0 bridgehead atoms. The first-order valence-electron chi connectivity index (χ1n) is 9.21. The molecule has 9 heteroatoms. The van der Waals surface area contributed by atoms with Crippen molar-refractivity contribution >= 4 is 22.0 Å². The van der Waals surface area contributed by atoms with Crippen molar-refractivity contribution in [2.45, 2.75) is 27.2 Å². The lowest BCUT2D eigenvalue weighted by Gasteiger charge is -2.34. The molecule has 1 atom stereocenters. The second-order valence-electron chi connectivity index (χ2n) is 8.19. The van der Waals surface area contributed by atoms with Gasteiger partial charge >= 0.3 is 6.03 Å². The van der Waals surface area contributed by atoms with Gasteiger partial charge in [0.2, 0.25) is 15.9 Å². The molecule has 2 rings (SSSR count). The van der Waals surface area contributed by atoms with Crippen LogP contribution in [-0.4, -0.2) is 98.5 Å². The average Bonchev–Trinajstić information content (AvgIpc) is 2.71. The largest absolute Gasteiger partial charge is 0.342 e. The first kappa shape index (κ1) is 21.0. The van der Waals surface area contributed by atoms with Gasteiger partial charge in [0.1, 0.15) is 0 Å². The van der Waals surface area contributed by atoms with Gasteiger partial charge in [-0.3, -0.25) is 4.79 Å². The number of amides is 3. The van der Waals surface area contributed by atoms with Crippen LogP contribution in [-0.2, 0) is 14.8 Å². The highest BCUT2D eigenvalue weighted by atomic mass is 32.2. The summed E-state index contributed by atoms with van der Waals surface area (Å²) in [6, 6.07) is -0.144. The second kappa shape index (κ2) is 7.72. The van der Waals surface area contributed by atoms with Gasteiger partial charge in [0, 0.05) is 65.2 Å². The summed E-state index contributed by atoms with van der Waals surface area (Å²) in [7, 11) is -0.0568. The number of urea groups is 1. The Morgan fingerprint density at radius 2 is 1.85 bits per heavy atom.